The molecule has 2 atom stereocenters. The second kappa shape index (κ2) is 9.99. The maximum absolute atomic E-state index is 6.11. The summed E-state index contributed by atoms with van der Waals surface area (Å²) < 4.78 is 0. The molecule has 0 aliphatic heterocycles. The van der Waals surface area contributed by atoms with E-state index in [-0.39, 0.29) is 21.1 Å². The first-order valence-corrected chi connectivity index (χ1v) is 9.74. The molecule has 0 aliphatic rings. The number of nitrogens with zero attached hydrogens (tertiary/aromatic N) is 2. The molecule has 1 aromatic heterocycles. The van der Waals surface area contributed by atoms with Crippen LogP contribution in [0.5, 0.6) is 0 Å². The number of rotatable bonds is 7. The number of para-hydroxylation sites is 1. The van der Waals surface area contributed by atoms with Crippen LogP contribution < -0.4 is 5.30 Å². The van der Waals surface area contributed by atoms with Crippen LogP contribution in [0.4, 0.5) is 5.69 Å². The third kappa shape index (κ3) is 5.88. The Morgan fingerprint density at radius 1 is 1.21 bits per heavy atom. The van der Waals surface area contributed by atoms with Crippen molar-refractivity contribution in [2.75, 3.05) is 0 Å². The first kappa shape index (κ1) is 23.0. The van der Waals surface area contributed by atoms with Crippen molar-refractivity contribution in [2.45, 2.75) is 32.3 Å². The van der Waals surface area contributed by atoms with Crippen molar-refractivity contribution in [3.8, 4) is 0 Å². The zero-order chi connectivity index (χ0) is 19.4. The normalized spacial score (nSPS) is 12.9. The van der Waals surface area contributed by atoms with Gasteiger partial charge in [0, 0.05) is 44.6 Å². The summed E-state index contributed by atoms with van der Waals surface area (Å²) in [5.41, 5.74) is 7.51. The van der Waals surface area contributed by atoms with Gasteiger partial charge < -0.3 is 10.3 Å². The van der Waals surface area contributed by atoms with Crippen molar-refractivity contribution in [1.82, 2.24) is 4.98 Å². The van der Waals surface area contributed by atoms with Gasteiger partial charge in [-0.25, -0.2) is 0 Å². The average Bonchev–Trinajstić information content (AvgIpc) is 2.61. The zero-order valence-corrected chi connectivity index (χ0v) is 20.8. The van der Waals surface area contributed by atoms with Gasteiger partial charge in [0.2, 0.25) is 0 Å². The van der Waals surface area contributed by atoms with E-state index in [4.69, 9.17) is 16.4 Å². The fourth-order valence-electron chi connectivity index (χ4n) is 3.11. The summed E-state index contributed by atoms with van der Waals surface area (Å²) in [6.45, 7) is 7.77. The minimum atomic E-state index is -0.593. The number of benzene rings is 2. The smallest absolute Gasteiger partial charge is 0.0775 e. The van der Waals surface area contributed by atoms with E-state index in [9.17, 15) is 0 Å². The van der Waals surface area contributed by atoms with Gasteiger partial charge in [-0.05, 0) is 30.1 Å². The predicted molar refractivity (Wildman–Crippen MR) is 118 cm³/mol. The molecule has 2 aromatic carbocycles. The van der Waals surface area contributed by atoms with Gasteiger partial charge in [-0.15, -0.1) is 9.24 Å². The van der Waals surface area contributed by atoms with Gasteiger partial charge in [-0.2, -0.15) is 0 Å². The molecule has 0 amide bonds. The summed E-state index contributed by atoms with van der Waals surface area (Å²) >= 11 is 6.11. The Kier molecular flexibility index (Phi) is 8.22. The predicted octanol–water partition coefficient (Wildman–Crippen LogP) is 6.12. The van der Waals surface area contributed by atoms with Gasteiger partial charge in [-0.3, -0.25) is 4.98 Å². The molecule has 0 N–H and O–H groups in total. The van der Waals surface area contributed by atoms with Gasteiger partial charge in [0.05, 0.1) is 11.1 Å². The molecule has 1 unspecified atom stereocenters. The van der Waals surface area contributed by atoms with Crippen LogP contribution in [0.25, 0.3) is 16.4 Å². The SMILES string of the molecule is C=C(Cl)C[C@](C)(Cc1ccccc1)O[N-]c1cc2cccc(P)c2nc1C.[W]. The van der Waals surface area contributed by atoms with Crippen molar-refractivity contribution in [3.63, 3.8) is 0 Å². The van der Waals surface area contributed by atoms with Crippen LogP contribution >= 0.6 is 20.8 Å². The van der Waals surface area contributed by atoms with E-state index >= 15 is 0 Å². The van der Waals surface area contributed by atoms with Crippen LogP contribution in [0.1, 0.15) is 24.6 Å². The number of fused-ring (bicyclic) bond motifs is 1. The fourth-order valence-corrected chi connectivity index (χ4v) is 3.74. The van der Waals surface area contributed by atoms with Crippen molar-refractivity contribution in [3.05, 3.63) is 82.9 Å². The minimum Gasteiger partial charge on any atom is -0.560 e. The van der Waals surface area contributed by atoms with Crippen LogP contribution in [0.3, 0.4) is 0 Å². The molecule has 0 bridgehead atoms. The largest absolute Gasteiger partial charge is 0.560 e. The van der Waals surface area contributed by atoms with Crippen LogP contribution in [-0.4, -0.2) is 10.6 Å². The molecule has 1 heterocycles. The topological polar surface area (TPSA) is 36.2 Å². The third-order valence-corrected chi connectivity index (χ3v) is 4.99. The maximum Gasteiger partial charge on any atom is 0.0775 e. The van der Waals surface area contributed by atoms with Gasteiger partial charge >= 0.3 is 0 Å². The summed E-state index contributed by atoms with van der Waals surface area (Å²) in [7, 11) is 2.72. The van der Waals surface area contributed by atoms with Crippen molar-refractivity contribution in [2.24, 2.45) is 0 Å². The van der Waals surface area contributed by atoms with Crippen LogP contribution in [0.15, 0.2) is 66.2 Å². The molecule has 0 saturated carbocycles. The Balaban J connectivity index is 0.00000280. The molecule has 28 heavy (non-hydrogen) atoms. The number of aromatic nitrogens is 1. The van der Waals surface area contributed by atoms with E-state index in [2.05, 4.69) is 38.4 Å². The molecule has 0 spiro atoms. The summed E-state index contributed by atoms with van der Waals surface area (Å²) in [5, 5.41) is 2.64. The van der Waals surface area contributed by atoms with E-state index in [0.29, 0.717) is 17.9 Å². The summed E-state index contributed by atoms with van der Waals surface area (Å²) in [6, 6.07) is 18.2. The molecular weight excluding hydrogens is 559 g/mol. The average molecular weight is 582 g/mol. The monoisotopic (exact) mass is 581 g/mol. The molecule has 3 rings (SSSR count). The minimum absolute atomic E-state index is 0. The van der Waals surface area contributed by atoms with Crippen molar-refractivity contribution in [1.29, 1.82) is 0 Å². The van der Waals surface area contributed by atoms with E-state index in [1.54, 1.807) is 0 Å². The quantitative estimate of drug-likeness (QED) is 0.249. The van der Waals surface area contributed by atoms with Gasteiger partial charge in [0.25, 0.3) is 0 Å². The van der Waals surface area contributed by atoms with E-state index in [1.807, 2.05) is 56.3 Å². The van der Waals surface area contributed by atoms with E-state index in [1.165, 1.54) is 0 Å². The molecule has 6 heteroatoms. The number of pyridine rings is 1. The Morgan fingerprint density at radius 3 is 2.61 bits per heavy atom. The molecular formula is C22H23ClN2OPW-. The standard InChI is InChI=1S/C22H23ClN2OP.W/c1-15(23)13-22(3,14-17-8-5-4-6-9-17)26-25-19-12-18-10-7-11-20(27)21(18)24-16(19)2;/h4-12H,1,13-14,27H2,2-3H3;/q-1;/t22-;/m1./s1. The number of hydrogen-bond acceptors (Lipinski definition) is 2. The van der Waals surface area contributed by atoms with Crippen LogP contribution in [-0.2, 0) is 32.3 Å². The number of aryl methyl sites for hydroxylation is 1. The van der Waals surface area contributed by atoms with Crippen molar-refractivity contribution >= 4 is 42.7 Å². The Morgan fingerprint density at radius 2 is 1.93 bits per heavy atom. The molecule has 0 fully saturated rings. The van der Waals surface area contributed by atoms with Crippen LogP contribution in [0, 0.1) is 6.92 Å². The number of halogens is 1. The summed E-state index contributed by atoms with van der Waals surface area (Å²) in [6.07, 6.45) is 1.18. The summed E-state index contributed by atoms with van der Waals surface area (Å²) in [5.74, 6) is 0. The second-order valence-electron chi connectivity index (χ2n) is 7.00. The molecule has 3 nitrogen and oxygen atoms in total. The maximum atomic E-state index is 6.11. The van der Waals surface area contributed by atoms with E-state index < -0.39 is 5.60 Å². The first-order chi connectivity index (χ1) is 12.9. The zero-order valence-electron chi connectivity index (χ0n) is 16.0. The number of hydrogen-bond donors (Lipinski definition) is 0. The van der Waals surface area contributed by atoms with Gasteiger partial charge in [0.1, 0.15) is 0 Å². The molecule has 0 aliphatic carbocycles. The third-order valence-electron chi connectivity index (χ3n) is 4.39. The second-order valence-corrected chi connectivity index (χ2v) is 8.16. The Labute approximate surface area is 188 Å². The molecule has 0 saturated heterocycles. The Bertz CT molecular complexity index is 967. The van der Waals surface area contributed by atoms with Gasteiger partial charge in [-0.1, -0.05) is 78.5 Å². The molecule has 0 radical (unpaired) electrons. The Hall–Kier alpha value is -1.24. The first-order valence-electron chi connectivity index (χ1n) is 8.78. The summed E-state index contributed by atoms with van der Waals surface area (Å²) in [4.78, 5) is 10.7. The molecule has 146 valence electrons. The van der Waals surface area contributed by atoms with Gasteiger partial charge in [0.15, 0.2) is 0 Å². The van der Waals surface area contributed by atoms with Crippen LogP contribution in [0.2, 0.25) is 0 Å². The molecule has 3 aromatic rings. The van der Waals surface area contributed by atoms with Crippen molar-refractivity contribution < 1.29 is 25.9 Å². The van der Waals surface area contributed by atoms with E-state index in [0.717, 1.165) is 33.2 Å². The fraction of sp³-hybridized carbons (Fsp3) is 0.227.